The zero-order chi connectivity index (χ0) is 65.9. The van der Waals surface area contributed by atoms with Gasteiger partial charge in [0.1, 0.15) is 48.8 Å². The van der Waals surface area contributed by atoms with Gasteiger partial charge in [-0.3, -0.25) is 4.79 Å². The molecule has 2 heterocycles. The molecule has 0 aromatic rings. The highest BCUT2D eigenvalue weighted by Crippen LogP contribution is 2.30. The van der Waals surface area contributed by atoms with Crippen LogP contribution in [0, 0.1) is 0 Å². The summed E-state index contributed by atoms with van der Waals surface area (Å²) in [5, 5.41) is 87.7. The van der Waals surface area contributed by atoms with Crippen molar-refractivity contribution in [3.8, 4) is 0 Å². The molecule has 2 aliphatic heterocycles. The predicted molar refractivity (Wildman–Crippen MR) is 374 cm³/mol. The number of aliphatic hydroxyl groups excluding tert-OH is 8. The standard InChI is InChI=1S/C77H147NO13/c1-3-5-7-9-11-13-15-17-19-21-23-24-25-26-27-28-29-30-31-32-33-34-35-36-37-38-39-40-41-42-43-45-47-49-51-53-55-57-59-61-69(82)78-65(66(81)60-58-56-54-52-50-48-46-44-22-20-18-16-14-12-10-8-6-4-2)64-88-76-74(87)72(85)75(68(63-80)90-76)91-77-73(86)71(84)70(83)67(62-79)89-77/h15,17,21,23,65-68,70-77,79-81,83-87H,3-14,16,18-20,22,24-64H2,1-2H3,(H,78,82)/b17-15-,23-21-. The molecule has 0 aliphatic carbocycles. The van der Waals surface area contributed by atoms with Crippen molar-refractivity contribution in [2.24, 2.45) is 0 Å². The summed E-state index contributed by atoms with van der Waals surface area (Å²) >= 11 is 0. The largest absolute Gasteiger partial charge is 0.394 e. The molecule has 0 radical (unpaired) electrons. The van der Waals surface area contributed by atoms with Crippen molar-refractivity contribution in [1.29, 1.82) is 0 Å². The van der Waals surface area contributed by atoms with Crippen LogP contribution in [0.1, 0.15) is 367 Å². The highest BCUT2D eigenvalue weighted by Gasteiger charge is 2.51. The minimum Gasteiger partial charge on any atom is -0.394 e. The van der Waals surface area contributed by atoms with Gasteiger partial charge in [0.15, 0.2) is 12.6 Å². The monoisotopic (exact) mass is 1290 g/mol. The van der Waals surface area contributed by atoms with Crippen molar-refractivity contribution in [2.75, 3.05) is 19.8 Å². The van der Waals surface area contributed by atoms with E-state index in [1.54, 1.807) is 0 Å². The van der Waals surface area contributed by atoms with Crippen molar-refractivity contribution < 1.29 is 64.6 Å². The third kappa shape index (κ3) is 45.6. The Morgan fingerprint density at radius 3 is 1.10 bits per heavy atom. The van der Waals surface area contributed by atoms with E-state index in [4.69, 9.17) is 18.9 Å². The van der Waals surface area contributed by atoms with Crippen LogP contribution >= 0.6 is 0 Å². The smallest absolute Gasteiger partial charge is 0.220 e. The van der Waals surface area contributed by atoms with E-state index in [1.165, 1.54) is 283 Å². The second-order valence-electron chi connectivity index (χ2n) is 27.8. The Hall–Kier alpha value is -1.53. The summed E-state index contributed by atoms with van der Waals surface area (Å²) in [5.74, 6) is -0.198. The molecule has 0 bridgehead atoms. The maximum absolute atomic E-state index is 13.4. The third-order valence-electron chi connectivity index (χ3n) is 19.4. The molecule has 0 spiro atoms. The van der Waals surface area contributed by atoms with Crippen LogP contribution in [0.25, 0.3) is 0 Å². The number of unbranched alkanes of at least 4 members (excludes halogenated alkanes) is 49. The molecule has 0 aromatic heterocycles. The molecule has 9 N–H and O–H groups in total. The summed E-state index contributed by atoms with van der Waals surface area (Å²) < 4.78 is 22.9. The van der Waals surface area contributed by atoms with E-state index in [2.05, 4.69) is 43.5 Å². The van der Waals surface area contributed by atoms with Gasteiger partial charge in [-0.25, -0.2) is 0 Å². The molecule has 12 atom stereocenters. The number of rotatable bonds is 66. The molecule has 1 amide bonds. The van der Waals surface area contributed by atoms with Gasteiger partial charge in [0.25, 0.3) is 0 Å². The lowest BCUT2D eigenvalue weighted by Crippen LogP contribution is -2.65. The maximum atomic E-state index is 13.4. The Morgan fingerprint density at radius 1 is 0.396 bits per heavy atom. The van der Waals surface area contributed by atoms with Crippen LogP contribution in [-0.2, 0) is 23.7 Å². The molecule has 14 heteroatoms. The van der Waals surface area contributed by atoms with Crippen molar-refractivity contribution in [2.45, 2.75) is 441 Å². The Balaban J connectivity index is 1.55. The zero-order valence-corrected chi connectivity index (χ0v) is 58.9. The minimum absolute atomic E-state index is 0.198. The number of carbonyl (C=O) groups is 1. The van der Waals surface area contributed by atoms with E-state index in [-0.39, 0.29) is 12.5 Å². The third-order valence-corrected chi connectivity index (χ3v) is 19.4. The average Bonchev–Trinajstić information content (AvgIpc) is 1.19. The lowest BCUT2D eigenvalue weighted by Gasteiger charge is -2.46. The lowest BCUT2D eigenvalue weighted by molar-refractivity contribution is -0.359. The lowest BCUT2D eigenvalue weighted by atomic mass is 9.97. The Labute approximate surface area is 558 Å². The number of allylic oxidation sites excluding steroid dienone is 4. The van der Waals surface area contributed by atoms with Crippen molar-refractivity contribution >= 4 is 5.91 Å². The zero-order valence-electron chi connectivity index (χ0n) is 58.9. The second kappa shape index (κ2) is 62.0. The Bertz CT molecular complexity index is 1620. The van der Waals surface area contributed by atoms with Gasteiger partial charge >= 0.3 is 0 Å². The van der Waals surface area contributed by atoms with Crippen LogP contribution in [0.2, 0.25) is 0 Å². The minimum atomic E-state index is -1.78. The fraction of sp³-hybridized carbons (Fsp3) is 0.935. The van der Waals surface area contributed by atoms with Crippen molar-refractivity contribution in [3.05, 3.63) is 24.3 Å². The van der Waals surface area contributed by atoms with Gasteiger partial charge in [-0.05, 0) is 44.9 Å². The van der Waals surface area contributed by atoms with Crippen LogP contribution in [0.5, 0.6) is 0 Å². The van der Waals surface area contributed by atoms with E-state index in [9.17, 15) is 45.6 Å². The highest BCUT2D eigenvalue weighted by atomic mass is 16.7. The summed E-state index contributed by atoms with van der Waals surface area (Å²) in [5.41, 5.74) is 0. The first-order chi connectivity index (χ1) is 44.6. The highest BCUT2D eigenvalue weighted by molar-refractivity contribution is 5.76. The van der Waals surface area contributed by atoms with Gasteiger partial charge in [-0.15, -0.1) is 0 Å². The first-order valence-corrected chi connectivity index (χ1v) is 39.1. The first kappa shape index (κ1) is 85.6. The average molecular weight is 1300 g/mol. The number of nitrogens with one attached hydrogen (secondary N) is 1. The Morgan fingerprint density at radius 2 is 0.725 bits per heavy atom. The van der Waals surface area contributed by atoms with Crippen LogP contribution < -0.4 is 5.32 Å². The van der Waals surface area contributed by atoms with E-state index in [1.807, 2.05) is 0 Å². The van der Waals surface area contributed by atoms with Gasteiger partial charge in [0.05, 0.1) is 32.0 Å². The fourth-order valence-corrected chi connectivity index (χ4v) is 13.2. The normalized spacial score (nSPS) is 22.8. The number of carbonyl (C=O) groups excluding carboxylic acids is 1. The molecule has 2 fully saturated rings. The molecule has 538 valence electrons. The maximum Gasteiger partial charge on any atom is 0.220 e. The van der Waals surface area contributed by atoms with Crippen LogP contribution in [-0.4, -0.2) is 140 Å². The number of aliphatic hydroxyl groups is 8. The Kier molecular flexibility index (Phi) is 58.3. The summed E-state index contributed by atoms with van der Waals surface area (Å²) in [6.07, 6.45) is 62.3. The van der Waals surface area contributed by atoms with E-state index >= 15 is 0 Å². The van der Waals surface area contributed by atoms with Crippen LogP contribution in [0.3, 0.4) is 0 Å². The van der Waals surface area contributed by atoms with E-state index in [0.29, 0.717) is 12.8 Å². The molecular formula is C77H147NO13. The predicted octanol–water partition coefficient (Wildman–Crippen LogP) is 17.1. The van der Waals surface area contributed by atoms with Crippen molar-refractivity contribution in [3.63, 3.8) is 0 Å². The van der Waals surface area contributed by atoms with E-state index < -0.39 is 86.8 Å². The van der Waals surface area contributed by atoms with Crippen molar-refractivity contribution in [1.82, 2.24) is 5.32 Å². The molecule has 12 unspecified atom stereocenters. The molecule has 0 aromatic carbocycles. The SMILES string of the molecule is CCCCCCC/C=C\C/C=C\CCCCCCCCCCCCCCCCCCCCCCCCCCCCCC(=O)NC(COC1OC(CO)C(OC2OC(CO)C(O)C(O)C2O)C(O)C1O)C(O)CCCCCCCCCCCCCCCCCCCC. The van der Waals surface area contributed by atoms with Gasteiger partial charge in [0.2, 0.25) is 5.91 Å². The van der Waals surface area contributed by atoms with Crippen LogP contribution in [0.4, 0.5) is 0 Å². The van der Waals surface area contributed by atoms with E-state index in [0.717, 1.165) is 57.8 Å². The van der Waals surface area contributed by atoms with Crippen LogP contribution in [0.15, 0.2) is 24.3 Å². The van der Waals surface area contributed by atoms with Gasteiger partial charge in [0, 0.05) is 6.42 Å². The fourth-order valence-electron chi connectivity index (χ4n) is 13.2. The number of hydrogen-bond acceptors (Lipinski definition) is 13. The number of ether oxygens (including phenoxy) is 4. The molecule has 91 heavy (non-hydrogen) atoms. The number of hydrogen-bond donors (Lipinski definition) is 9. The number of amides is 1. The summed E-state index contributed by atoms with van der Waals surface area (Å²) in [6.45, 7) is 2.91. The molecular weight excluding hydrogens is 1150 g/mol. The first-order valence-electron chi connectivity index (χ1n) is 39.1. The molecule has 2 rings (SSSR count). The molecule has 14 nitrogen and oxygen atoms in total. The topological polar surface area (TPSA) is 228 Å². The van der Waals surface area contributed by atoms with Gasteiger partial charge in [-0.1, -0.05) is 340 Å². The quantitative estimate of drug-likeness (QED) is 0.0204. The summed E-state index contributed by atoms with van der Waals surface area (Å²) in [4.78, 5) is 13.4. The summed E-state index contributed by atoms with van der Waals surface area (Å²) in [6, 6.07) is -0.826. The van der Waals surface area contributed by atoms with Gasteiger partial charge in [-0.2, -0.15) is 0 Å². The molecule has 2 aliphatic rings. The summed E-state index contributed by atoms with van der Waals surface area (Å²) in [7, 11) is 0. The van der Waals surface area contributed by atoms with Gasteiger partial charge < -0.3 is 65.1 Å². The molecule has 0 saturated carbocycles. The second-order valence-corrected chi connectivity index (χ2v) is 27.8. The molecule has 2 saturated heterocycles.